The molecular formula is C23H38N2O3. The molecule has 0 radical (unpaired) electrons. The van der Waals surface area contributed by atoms with Crippen molar-refractivity contribution in [1.29, 1.82) is 0 Å². The zero-order valence-corrected chi connectivity index (χ0v) is 19.2. The molecule has 0 bridgehead atoms. The third kappa shape index (κ3) is 5.94. The smallest absolute Gasteiger partial charge is 0.340 e. The third-order valence-corrected chi connectivity index (χ3v) is 5.11. The van der Waals surface area contributed by atoms with Crippen LogP contribution >= 0.6 is 0 Å². The van der Waals surface area contributed by atoms with Gasteiger partial charge in [-0.2, -0.15) is 0 Å². The molecule has 1 aliphatic heterocycles. The van der Waals surface area contributed by atoms with Crippen LogP contribution in [0.2, 0.25) is 0 Å². The second-order valence-electron chi connectivity index (χ2n) is 10.0. The Hall–Kier alpha value is -1.62. The second-order valence-corrected chi connectivity index (χ2v) is 10.0. The Bertz CT molecular complexity index is 695. The highest BCUT2D eigenvalue weighted by Gasteiger charge is 2.35. The molecule has 2 heterocycles. The summed E-state index contributed by atoms with van der Waals surface area (Å²) in [5, 5.41) is 0. The Morgan fingerprint density at radius 2 is 1.75 bits per heavy atom. The number of piperidine rings is 1. The first-order valence-corrected chi connectivity index (χ1v) is 10.4. The fourth-order valence-corrected chi connectivity index (χ4v) is 3.63. The van der Waals surface area contributed by atoms with E-state index in [4.69, 9.17) is 9.47 Å². The lowest BCUT2D eigenvalue weighted by atomic mass is 9.82. The topological polar surface area (TPSA) is 51.7 Å². The number of hydrogen-bond donors (Lipinski definition) is 0. The Morgan fingerprint density at radius 3 is 2.25 bits per heavy atom. The quantitative estimate of drug-likeness (QED) is 0.652. The van der Waals surface area contributed by atoms with E-state index in [9.17, 15) is 4.79 Å². The van der Waals surface area contributed by atoms with Crippen LogP contribution in [0, 0.1) is 19.3 Å². The summed E-state index contributed by atoms with van der Waals surface area (Å²) in [5.41, 5.74) is 3.54. The van der Waals surface area contributed by atoms with Gasteiger partial charge in [-0.25, -0.2) is 4.79 Å². The number of nitrogens with zero attached hydrogens (tertiary/aromatic N) is 2. The maximum absolute atomic E-state index is 13.0. The second kappa shape index (κ2) is 8.40. The van der Waals surface area contributed by atoms with E-state index in [-0.39, 0.29) is 12.1 Å². The Morgan fingerprint density at radius 1 is 1.18 bits per heavy atom. The van der Waals surface area contributed by atoms with Gasteiger partial charge in [-0.15, -0.1) is 0 Å². The summed E-state index contributed by atoms with van der Waals surface area (Å²) in [5.74, 6) is -0.350. The van der Waals surface area contributed by atoms with Gasteiger partial charge in [0.15, 0.2) is 6.10 Å². The van der Waals surface area contributed by atoms with Crippen molar-refractivity contribution in [2.45, 2.75) is 93.0 Å². The molecule has 1 aliphatic rings. The predicted molar refractivity (Wildman–Crippen MR) is 114 cm³/mol. The molecule has 0 aromatic carbocycles. The number of pyridine rings is 1. The minimum Gasteiger partial charge on any atom is -0.461 e. The zero-order chi connectivity index (χ0) is 21.3. The predicted octanol–water partition coefficient (Wildman–Crippen LogP) is 5.13. The standard InChI is InChI=1S/C23H38N2O3/c1-15(2)27-21(26)20(28-22(5,6)7)19-17(4)24-16(3)14-18(19)25-12-10-23(8,9)11-13-25/h14-15,20H,10-13H2,1-9H3. The number of aromatic nitrogens is 1. The van der Waals surface area contributed by atoms with Gasteiger partial charge in [-0.1, -0.05) is 13.8 Å². The third-order valence-electron chi connectivity index (χ3n) is 5.11. The molecule has 1 aromatic rings. The lowest BCUT2D eigenvalue weighted by molar-refractivity contribution is -0.171. The molecule has 1 aromatic heterocycles. The first-order chi connectivity index (χ1) is 12.8. The first kappa shape index (κ1) is 22.7. The van der Waals surface area contributed by atoms with Crippen molar-refractivity contribution < 1.29 is 14.3 Å². The van der Waals surface area contributed by atoms with Gasteiger partial charge in [0, 0.05) is 35.7 Å². The molecule has 5 heteroatoms. The van der Waals surface area contributed by atoms with Crippen LogP contribution in [0.4, 0.5) is 5.69 Å². The zero-order valence-electron chi connectivity index (χ0n) is 19.2. The van der Waals surface area contributed by atoms with Crippen molar-refractivity contribution in [2.24, 2.45) is 5.41 Å². The average Bonchev–Trinajstić information content (AvgIpc) is 2.51. The van der Waals surface area contributed by atoms with E-state index >= 15 is 0 Å². The van der Waals surface area contributed by atoms with Crippen LogP contribution < -0.4 is 4.90 Å². The maximum Gasteiger partial charge on any atom is 0.340 e. The van der Waals surface area contributed by atoms with E-state index in [1.807, 2.05) is 48.5 Å². The van der Waals surface area contributed by atoms with Gasteiger partial charge in [-0.3, -0.25) is 4.98 Å². The summed E-state index contributed by atoms with van der Waals surface area (Å²) < 4.78 is 11.8. The van der Waals surface area contributed by atoms with E-state index in [2.05, 4.69) is 29.8 Å². The maximum atomic E-state index is 13.0. The van der Waals surface area contributed by atoms with Gasteiger partial charge in [0.25, 0.3) is 0 Å². The number of aryl methyl sites for hydroxylation is 2. The normalized spacial score (nSPS) is 18.3. The van der Waals surface area contributed by atoms with Crippen molar-refractivity contribution in [3.05, 3.63) is 23.0 Å². The summed E-state index contributed by atoms with van der Waals surface area (Å²) in [6.07, 6.45) is 1.25. The van der Waals surface area contributed by atoms with Crippen molar-refractivity contribution >= 4 is 11.7 Å². The number of esters is 1. The first-order valence-electron chi connectivity index (χ1n) is 10.4. The van der Waals surface area contributed by atoms with Crippen LogP contribution in [0.3, 0.4) is 0 Å². The van der Waals surface area contributed by atoms with Crippen molar-refractivity contribution in [2.75, 3.05) is 18.0 Å². The highest BCUT2D eigenvalue weighted by atomic mass is 16.6. The summed E-state index contributed by atoms with van der Waals surface area (Å²) in [6.45, 7) is 20.1. The molecule has 2 rings (SSSR count). The summed E-state index contributed by atoms with van der Waals surface area (Å²) >= 11 is 0. The van der Waals surface area contributed by atoms with Crippen LogP contribution in [0.5, 0.6) is 0 Å². The lowest BCUT2D eigenvalue weighted by Crippen LogP contribution is -2.39. The number of carbonyl (C=O) groups is 1. The molecule has 0 N–H and O–H groups in total. The number of ether oxygens (including phenoxy) is 2. The van der Waals surface area contributed by atoms with Crippen molar-refractivity contribution in [3.63, 3.8) is 0 Å². The highest BCUT2D eigenvalue weighted by molar-refractivity contribution is 5.80. The molecule has 158 valence electrons. The minimum absolute atomic E-state index is 0.198. The van der Waals surface area contributed by atoms with Gasteiger partial charge in [0.05, 0.1) is 11.7 Å². The molecule has 0 spiro atoms. The summed E-state index contributed by atoms with van der Waals surface area (Å²) in [4.78, 5) is 20.0. The van der Waals surface area contributed by atoms with Gasteiger partial charge in [0.1, 0.15) is 0 Å². The van der Waals surface area contributed by atoms with Crippen molar-refractivity contribution in [1.82, 2.24) is 4.98 Å². The largest absolute Gasteiger partial charge is 0.461 e. The van der Waals surface area contributed by atoms with Crippen LogP contribution in [-0.2, 0) is 14.3 Å². The van der Waals surface area contributed by atoms with E-state index in [1.165, 1.54) is 0 Å². The molecule has 1 unspecified atom stereocenters. The summed E-state index contributed by atoms with van der Waals surface area (Å²) in [6, 6.07) is 2.09. The van der Waals surface area contributed by atoms with E-state index < -0.39 is 11.7 Å². The Kier molecular flexibility index (Phi) is 6.80. The molecule has 0 amide bonds. The Balaban J connectivity index is 2.51. The number of rotatable bonds is 5. The van der Waals surface area contributed by atoms with E-state index in [0.717, 1.165) is 48.6 Å². The molecule has 1 atom stereocenters. The molecule has 5 nitrogen and oxygen atoms in total. The van der Waals surface area contributed by atoms with Crippen LogP contribution in [0.25, 0.3) is 0 Å². The minimum atomic E-state index is -0.791. The number of carbonyl (C=O) groups excluding carboxylic acids is 1. The van der Waals surface area contributed by atoms with Gasteiger partial charge in [-0.05, 0) is 72.8 Å². The van der Waals surface area contributed by atoms with E-state index in [0.29, 0.717) is 5.41 Å². The van der Waals surface area contributed by atoms with Gasteiger partial charge in [0.2, 0.25) is 0 Å². The van der Waals surface area contributed by atoms with Crippen LogP contribution in [0.15, 0.2) is 6.07 Å². The number of hydrogen-bond acceptors (Lipinski definition) is 5. The fourth-order valence-electron chi connectivity index (χ4n) is 3.63. The molecule has 1 saturated heterocycles. The molecule has 0 saturated carbocycles. The van der Waals surface area contributed by atoms with Crippen molar-refractivity contribution in [3.8, 4) is 0 Å². The molecule has 1 fully saturated rings. The summed E-state index contributed by atoms with van der Waals surface area (Å²) in [7, 11) is 0. The van der Waals surface area contributed by atoms with Gasteiger partial charge < -0.3 is 14.4 Å². The average molecular weight is 391 g/mol. The van der Waals surface area contributed by atoms with Crippen LogP contribution in [-0.4, -0.2) is 35.7 Å². The van der Waals surface area contributed by atoms with E-state index in [1.54, 1.807) is 0 Å². The number of anilines is 1. The lowest BCUT2D eigenvalue weighted by Gasteiger charge is -2.40. The molecule has 28 heavy (non-hydrogen) atoms. The monoisotopic (exact) mass is 390 g/mol. The Labute approximate surface area is 170 Å². The van der Waals surface area contributed by atoms with Gasteiger partial charge >= 0.3 is 5.97 Å². The van der Waals surface area contributed by atoms with Crippen LogP contribution in [0.1, 0.15) is 84.4 Å². The molecular weight excluding hydrogens is 352 g/mol. The molecule has 0 aliphatic carbocycles. The highest BCUT2D eigenvalue weighted by Crippen LogP contribution is 2.39. The fraction of sp³-hybridized carbons (Fsp3) is 0.739. The SMILES string of the molecule is Cc1cc(N2CCC(C)(C)CC2)c(C(OC(C)(C)C)C(=O)OC(C)C)c(C)n1.